The van der Waals surface area contributed by atoms with E-state index in [9.17, 15) is 13.2 Å². The maximum absolute atomic E-state index is 12.5. The number of piperidine rings is 1. The lowest BCUT2D eigenvalue weighted by atomic mass is 9.93. The molecule has 3 rings (SSSR count). The molecule has 31 heavy (non-hydrogen) atoms. The zero-order chi connectivity index (χ0) is 22.3. The van der Waals surface area contributed by atoms with E-state index >= 15 is 0 Å². The standard InChI is InChI=1S/C22H33F3N6/c1-3-26-21(27-10-6-18-8-13-30(14-9-18)16-22(23,24)25)28-11-7-19-15-31-12-4-5-17(2)20(31)29-19/h4-5,12,15,18H,3,6-11,13-14,16H2,1-2H3,(H2,26,27,28). The van der Waals surface area contributed by atoms with E-state index in [1.54, 1.807) is 0 Å². The largest absolute Gasteiger partial charge is 0.401 e. The van der Waals surface area contributed by atoms with Crippen LogP contribution < -0.4 is 10.6 Å². The van der Waals surface area contributed by atoms with Gasteiger partial charge in [-0.3, -0.25) is 9.89 Å². The van der Waals surface area contributed by atoms with Gasteiger partial charge in [0.2, 0.25) is 0 Å². The first-order chi connectivity index (χ1) is 14.8. The topological polar surface area (TPSA) is 57.0 Å². The van der Waals surface area contributed by atoms with Crippen molar-refractivity contribution in [3.8, 4) is 0 Å². The summed E-state index contributed by atoms with van der Waals surface area (Å²) >= 11 is 0. The molecule has 1 fully saturated rings. The molecule has 1 aliphatic heterocycles. The van der Waals surface area contributed by atoms with Crippen LogP contribution in [0.5, 0.6) is 0 Å². The Hall–Kier alpha value is -2.29. The average Bonchev–Trinajstić information content (AvgIpc) is 3.13. The summed E-state index contributed by atoms with van der Waals surface area (Å²) in [6, 6.07) is 4.07. The number of imidazole rings is 1. The average molecular weight is 439 g/mol. The lowest BCUT2D eigenvalue weighted by Crippen LogP contribution is -2.40. The fourth-order valence-electron chi connectivity index (χ4n) is 4.02. The molecule has 2 aromatic heterocycles. The molecule has 1 aliphatic rings. The number of aliphatic imine (C=N–C) groups is 1. The van der Waals surface area contributed by atoms with Gasteiger partial charge in [-0.2, -0.15) is 13.2 Å². The maximum Gasteiger partial charge on any atom is 0.401 e. The van der Waals surface area contributed by atoms with Gasteiger partial charge in [-0.15, -0.1) is 0 Å². The molecule has 6 nitrogen and oxygen atoms in total. The number of hydrogen-bond donors (Lipinski definition) is 2. The number of pyridine rings is 1. The normalized spacial score (nSPS) is 16.7. The van der Waals surface area contributed by atoms with Crippen LogP contribution in [0, 0.1) is 12.8 Å². The molecule has 3 heterocycles. The zero-order valence-corrected chi connectivity index (χ0v) is 18.4. The Bertz CT molecular complexity index is 853. The Morgan fingerprint density at radius 3 is 2.71 bits per heavy atom. The van der Waals surface area contributed by atoms with Crippen LogP contribution in [-0.4, -0.2) is 65.7 Å². The van der Waals surface area contributed by atoms with Gasteiger partial charge in [-0.05, 0) is 63.7 Å². The molecule has 0 bridgehead atoms. The Morgan fingerprint density at radius 2 is 2.03 bits per heavy atom. The minimum Gasteiger partial charge on any atom is -0.357 e. The number of likely N-dealkylation sites (tertiary alicyclic amines) is 1. The second kappa shape index (κ2) is 10.8. The van der Waals surface area contributed by atoms with Crippen LogP contribution >= 0.6 is 0 Å². The van der Waals surface area contributed by atoms with Crippen molar-refractivity contribution in [2.75, 3.05) is 39.3 Å². The second-order valence-corrected chi connectivity index (χ2v) is 8.22. The first-order valence-electron chi connectivity index (χ1n) is 11.1. The van der Waals surface area contributed by atoms with Crippen molar-refractivity contribution < 1.29 is 13.2 Å². The molecule has 0 radical (unpaired) electrons. The molecule has 172 valence electrons. The molecule has 0 saturated carbocycles. The van der Waals surface area contributed by atoms with Crippen LogP contribution in [0.4, 0.5) is 13.2 Å². The minimum atomic E-state index is -4.11. The Morgan fingerprint density at radius 1 is 1.26 bits per heavy atom. The molecule has 2 N–H and O–H groups in total. The highest BCUT2D eigenvalue weighted by molar-refractivity contribution is 5.79. The number of nitrogens with one attached hydrogen (secondary N) is 2. The monoisotopic (exact) mass is 438 g/mol. The van der Waals surface area contributed by atoms with Crippen LogP contribution in [0.2, 0.25) is 0 Å². The number of aromatic nitrogens is 2. The van der Waals surface area contributed by atoms with Gasteiger partial charge < -0.3 is 15.0 Å². The molecule has 0 aliphatic carbocycles. The van der Waals surface area contributed by atoms with E-state index in [2.05, 4.69) is 34.8 Å². The van der Waals surface area contributed by atoms with Gasteiger partial charge in [0.25, 0.3) is 0 Å². The van der Waals surface area contributed by atoms with Gasteiger partial charge in [0, 0.05) is 38.4 Å². The summed E-state index contributed by atoms with van der Waals surface area (Å²) in [7, 11) is 0. The summed E-state index contributed by atoms with van der Waals surface area (Å²) < 4.78 is 39.6. The fourth-order valence-corrected chi connectivity index (χ4v) is 4.02. The molecular weight excluding hydrogens is 405 g/mol. The third kappa shape index (κ3) is 7.41. The van der Waals surface area contributed by atoms with E-state index in [0.717, 1.165) is 61.6 Å². The molecule has 0 atom stereocenters. The van der Waals surface area contributed by atoms with Crippen LogP contribution in [0.15, 0.2) is 29.5 Å². The molecule has 0 unspecified atom stereocenters. The van der Waals surface area contributed by atoms with Gasteiger partial charge in [-0.25, -0.2) is 4.98 Å². The maximum atomic E-state index is 12.5. The van der Waals surface area contributed by atoms with Crippen molar-refractivity contribution in [2.24, 2.45) is 10.9 Å². The highest BCUT2D eigenvalue weighted by Gasteiger charge is 2.32. The summed E-state index contributed by atoms with van der Waals surface area (Å²) in [4.78, 5) is 10.9. The first-order valence-corrected chi connectivity index (χ1v) is 11.1. The lowest BCUT2D eigenvalue weighted by Gasteiger charge is -2.32. The minimum absolute atomic E-state index is 0.442. The summed E-state index contributed by atoms with van der Waals surface area (Å²) in [5.41, 5.74) is 3.17. The third-order valence-corrected chi connectivity index (χ3v) is 5.66. The molecule has 0 spiro atoms. The third-order valence-electron chi connectivity index (χ3n) is 5.66. The van der Waals surface area contributed by atoms with E-state index in [1.807, 2.05) is 23.6 Å². The van der Waals surface area contributed by atoms with Gasteiger partial charge >= 0.3 is 6.18 Å². The van der Waals surface area contributed by atoms with Gasteiger partial charge in [0.1, 0.15) is 5.65 Å². The van der Waals surface area contributed by atoms with E-state index < -0.39 is 12.7 Å². The Balaban J connectivity index is 1.41. The van der Waals surface area contributed by atoms with E-state index in [-0.39, 0.29) is 0 Å². The van der Waals surface area contributed by atoms with E-state index in [4.69, 9.17) is 4.98 Å². The molecular formula is C22H33F3N6. The van der Waals surface area contributed by atoms with Crippen molar-refractivity contribution in [2.45, 2.75) is 45.7 Å². The van der Waals surface area contributed by atoms with Gasteiger partial charge in [0.15, 0.2) is 5.96 Å². The number of nitrogens with zero attached hydrogens (tertiary/aromatic N) is 4. The SMILES string of the molecule is CCNC(=NCCC1CCN(CC(F)(F)F)CC1)NCCc1cn2cccc(C)c2n1. The quantitative estimate of drug-likeness (QED) is 0.490. The van der Waals surface area contributed by atoms with Gasteiger partial charge in [0.05, 0.1) is 12.2 Å². The van der Waals surface area contributed by atoms with Crippen molar-refractivity contribution in [3.63, 3.8) is 0 Å². The number of guanidine groups is 1. The number of fused-ring (bicyclic) bond motifs is 1. The van der Waals surface area contributed by atoms with Crippen LogP contribution in [0.1, 0.15) is 37.4 Å². The molecule has 1 saturated heterocycles. The second-order valence-electron chi connectivity index (χ2n) is 8.22. The highest BCUT2D eigenvalue weighted by Crippen LogP contribution is 2.24. The van der Waals surface area contributed by atoms with Crippen LogP contribution in [-0.2, 0) is 6.42 Å². The van der Waals surface area contributed by atoms with Gasteiger partial charge in [-0.1, -0.05) is 6.07 Å². The summed E-state index contributed by atoms with van der Waals surface area (Å²) in [6.45, 7) is 6.50. The number of hydrogen-bond acceptors (Lipinski definition) is 3. The fraction of sp³-hybridized carbons (Fsp3) is 0.636. The highest BCUT2D eigenvalue weighted by atomic mass is 19.4. The number of rotatable bonds is 8. The van der Waals surface area contributed by atoms with Crippen molar-refractivity contribution in [3.05, 3.63) is 35.8 Å². The van der Waals surface area contributed by atoms with Crippen LogP contribution in [0.3, 0.4) is 0 Å². The van der Waals surface area contributed by atoms with E-state index in [1.165, 1.54) is 4.90 Å². The summed E-state index contributed by atoms with van der Waals surface area (Å²) in [5, 5.41) is 6.61. The Kier molecular flexibility index (Phi) is 8.17. The number of alkyl halides is 3. The predicted octanol–water partition coefficient (Wildman–Crippen LogP) is 3.40. The predicted molar refractivity (Wildman–Crippen MR) is 117 cm³/mol. The summed E-state index contributed by atoms with van der Waals surface area (Å²) in [6.07, 6.45) is 3.27. The Labute approximate surface area is 181 Å². The first kappa shape index (κ1) is 23.4. The van der Waals surface area contributed by atoms with Crippen LogP contribution in [0.25, 0.3) is 5.65 Å². The van der Waals surface area contributed by atoms with Crippen molar-refractivity contribution in [1.29, 1.82) is 0 Å². The number of aryl methyl sites for hydroxylation is 1. The van der Waals surface area contributed by atoms with Crippen molar-refractivity contribution in [1.82, 2.24) is 24.9 Å². The van der Waals surface area contributed by atoms with Crippen molar-refractivity contribution >= 4 is 11.6 Å². The smallest absolute Gasteiger partial charge is 0.357 e. The summed E-state index contributed by atoms with van der Waals surface area (Å²) in [5.74, 6) is 1.22. The molecule has 2 aromatic rings. The zero-order valence-electron chi connectivity index (χ0n) is 18.4. The molecule has 0 aromatic carbocycles. The molecule has 0 amide bonds. The molecule has 9 heteroatoms. The number of halogens is 3. The van der Waals surface area contributed by atoms with E-state index in [0.29, 0.717) is 25.6 Å². The lowest BCUT2D eigenvalue weighted by molar-refractivity contribution is -0.148.